The second kappa shape index (κ2) is 7.79. The van der Waals surface area contributed by atoms with Crippen molar-refractivity contribution in [1.82, 2.24) is 10.2 Å². The highest BCUT2D eigenvalue weighted by Gasteiger charge is 2.30. The maximum absolute atomic E-state index is 12.1. The van der Waals surface area contributed by atoms with Crippen molar-refractivity contribution in [3.05, 3.63) is 0 Å². The third-order valence-electron chi connectivity index (χ3n) is 3.09. The molecule has 9 nitrogen and oxygen atoms in total. The number of carbonyl (C=O) groups excluding carboxylic acids is 2. The second-order valence-corrected chi connectivity index (χ2v) is 5.00. The van der Waals surface area contributed by atoms with Crippen molar-refractivity contribution in [3.63, 3.8) is 0 Å². The van der Waals surface area contributed by atoms with E-state index in [4.69, 9.17) is 20.7 Å². The quantitative estimate of drug-likeness (QED) is 0.470. The first kappa shape index (κ1) is 17.2. The molecule has 1 aliphatic rings. The number of rotatable bonds is 6. The Morgan fingerprint density at radius 2 is 2.10 bits per heavy atom. The Hall–Kier alpha value is -1.87. The van der Waals surface area contributed by atoms with Crippen molar-refractivity contribution in [1.29, 1.82) is 0 Å². The van der Waals surface area contributed by atoms with Gasteiger partial charge < -0.3 is 30.9 Å². The number of aliphatic hydroxyl groups excluding tert-OH is 1. The molecule has 0 aromatic carbocycles. The molecule has 2 unspecified atom stereocenters. The van der Waals surface area contributed by atoms with Gasteiger partial charge in [0.25, 0.3) is 0 Å². The molecular formula is C12H21N3O6. The Balaban J connectivity index is 2.59. The Bertz CT molecular complexity index is 402. The van der Waals surface area contributed by atoms with Crippen molar-refractivity contribution in [2.24, 2.45) is 5.73 Å². The zero-order valence-electron chi connectivity index (χ0n) is 11.8. The molecule has 1 aliphatic heterocycles. The number of aliphatic carboxylic acids is 1. The number of nitrogens with one attached hydrogen (secondary N) is 1. The van der Waals surface area contributed by atoms with Crippen LogP contribution in [-0.4, -0.2) is 71.0 Å². The van der Waals surface area contributed by atoms with Crippen molar-refractivity contribution in [3.8, 4) is 0 Å². The molecular weight excluding hydrogens is 282 g/mol. The zero-order chi connectivity index (χ0) is 16.0. The number of carbonyl (C=O) groups is 3. The van der Waals surface area contributed by atoms with Gasteiger partial charge in [0.05, 0.1) is 25.4 Å². The molecule has 0 aliphatic carbocycles. The van der Waals surface area contributed by atoms with Gasteiger partial charge in [0.1, 0.15) is 6.04 Å². The van der Waals surface area contributed by atoms with Crippen molar-refractivity contribution < 1.29 is 29.3 Å². The summed E-state index contributed by atoms with van der Waals surface area (Å²) in [6, 6.07) is -1.75. The molecule has 5 N–H and O–H groups in total. The van der Waals surface area contributed by atoms with Crippen LogP contribution in [0.3, 0.4) is 0 Å². The van der Waals surface area contributed by atoms with E-state index in [0.717, 1.165) is 0 Å². The minimum atomic E-state index is -1.23. The van der Waals surface area contributed by atoms with E-state index in [2.05, 4.69) is 5.32 Å². The lowest BCUT2D eigenvalue weighted by Crippen LogP contribution is -2.56. The van der Waals surface area contributed by atoms with Crippen LogP contribution in [0.5, 0.6) is 0 Å². The van der Waals surface area contributed by atoms with E-state index in [9.17, 15) is 14.4 Å². The van der Waals surface area contributed by atoms with E-state index in [0.29, 0.717) is 6.54 Å². The zero-order valence-corrected chi connectivity index (χ0v) is 11.8. The van der Waals surface area contributed by atoms with Gasteiger partial charge in [-0.25, -0.2) is 9.59 Å². The van der Waals surface area contributed by atoms with Gasteiger partial charge in [-0.05, 0) is 13.3 Å². The first-order chi connectivity index (χ1) is 9.83. The summed E-state index contributed by atoms with van der Waals surface area (Å²) < 4.78 is 5.40. The van der Waals surface area contributed by atoms with Crippen LogP contribution in [0.2, 0.25) is 0 Å². The summed E-state index contributed by atoms with van der Waals surface area (Å²) in [4.78, 5) is 35.2. The Morgan fingerprint density at radius 3 is 2.62 bits per heavy atom. The lowest BCUT2D eigenvalue weighted by molar-refractivity contribution is -0.139. The largest absolute Gasteiger partial charge is 0.480 e. The highest BCUT2D eigenvalue weighted by atomic mass is 16.5. The summed E-state index contributed by atoms with van der Waals surface area (Å²) in [7, 11) is 0. The maximum Gasteiger partial charge on any atom is 0.326 e. The van der Waals surface area contributed by atoms with E-state index in [-0.39, 0.29) is 32.1 Å². The van der Waals surface area contributed by atoms with Gasteiger partial charge >= 0.3 is 12.0 Å². The average molecular weight is 303 g/mol. The van der Waals surface area contributed by atoms with E-state index in [1.807, 2.05) is 0 Å². The molecule has 3 atom stereocenters. The molecule has 21 heavy (non-hydrogen) atoms. The number of hydrogen-bond donors (Lipinski definition) is 4. The van der Waals surface area contributed by atoms with Gasteiger partial charge in [0, 0.05) is 13.0 Å². The lowest BCUT2D eigenvalue weighted by Gasteiger charge is -2.36. The fourth-order valence-corrected chi connectivity index (χ4v) is 2.10. The first-order valence-corrected chi connectivity index (χ1v) is 6.66. The van der Waals surface area contributed by atoms with Gasteiger partial charge in [0.2, 0.25) is 5.91 Å². The van der Waals surface area contributed by atoms with E-state index in [1.54, 1.807) is 6.92 Å². The summed E-state index contributed by atoms with van der Waals surface area (Å²) >= 11 is 0. The van der Waals surface area contributed by atoms with Gasteiger partial charge in [0.15, 0.2) is 0 Å². The predicted octanol–water partition coefficient (Wildman–Crippen LogP) is -1.50. The minimum Gasteiger partial charge on any atom is -0.480 e. The monoisotopic (exact) mass is 303 g/mol. The van der Waals surface area contributed by atoms with Crippen molar-refractivity contribution in [2.75, 3.05) is 19.7 Å². The molecule has 1 rings (SSSR count). The number of aliphatic hydroxyl groups is 1. The number of nitrogens with zero attached hydrogens (tertiary/aromatic N) is 1. The molecule has 0 radical (unpaired) electrons. The van der Waals surface area contributed by atoms with Crippen LogP contribution in [-0.2, 0) is 14.3 Å². The molecule has 0 saturated carbocycles. The van der Waals surface area contributed by atoms with Gasteiger partial charge in [-0.2, -0.15) is 0 Å². The summed E-state index contributed by atoms with van der Waals surface area (Å²) in [6.07, 6.45) is -0.945. The Kier molecular flexibility index (Phi) is 6.38. The van der Waals surface area contributed by atoms with Crippen LogP contribution in [0.15, 0.2) is 0 Å². The lowest BCUT2D eigenvalue weighted by atomic mass is 10.1. The third kappa shape index (κ3) is 5.56. The molecule has 1 fully saturated rings. The molecule has 120 valence electrons. The summed E-state index contributed by atoms with van der Waals surface area (Å²) in [5.74, 6) is -1.86. The number of morpholine rings is 1. The predicted molar refractivity (Wildman–Crippen MR) is 71.4 cm³/mol. The van der Waals surface area contributed by atoms with E-state index < -0.39 is 30.1 Å². The highest BCUT2D eigenvalue weighted by Crippen LogP contribution is 2.11. The molecule has 0 spiro atoms. The maximum atomic E-state index is 12.1. The van der Waals surface area contributed by atoms with E-state index >= 15 is 0 Å². The van der Waals surface area contributed by atoms with Crippen LogP contribution >= 0.6 is 0 Å². The summed E-state index contributed by atoms with van der Waals surface area (Å²) in [5.41, 5.74) is 4.97. The molecule has 3 amide bonds. The molecule has 1 heterocycles. The molecule has 9 heteroatoms. The molecule has 0 bridgehead atoms. The number of urea groups is 1. The third-order valence-corrected chi connectivity index (χ3v) is 3.09. The number of amides is 3. The highest BCUT2D eigenvalue weighted by molar-refractivity contribution is 5.83. The van der Waals surface area contributed by atoms with Crippen LogP contribution in [0.4, 0.5) is 4.79 Å². The molecule has 1 saturated heterocycles. The van der Waals surface area contributed by atoms with Crippen molar-refractivity contribution in [2.45, 2.75) is 38.0 Å². The normalized spacial score (nSPS) is 23.4. The van der Waals surface area contributed by atoms with Crippen LogP contribution in [0.1, 0.15) is 19.8 Å². The standard InChI is InChI=1S/C12H21N3O6/c1-7-4-15(5-8(6-16)21-7)12(20)14-9(11(18)19)2-3-10(13)17/h7-9,16H,2-6H2,1H3,(H2,13,17)(H,14,20)(H,18,19)/t7?,8?,9-/m1/s1. The Labute approximate surface area is 122 Å². The SMILES string of the molecule is CC1CN(C(=O)N[C@H](CCC(N)=O)C(=O)O)CC(CO)O1. The number of hydrogen-bond acceptors (Lipinski definition) is 5. The molecule has 0 aromatic rings. The van der Waals surface area contributed by atoms with E-state index in [1.165, 1.54) is 4.90 Å². The topological polar surface area (TPSA) is 142 Å². The molecule has 0 aromatic heterocycles. The minimum absolute atomic E-state index is 0.0697. The Morgan fingerprint density at radius 1 is 1.43 bits per heavy atom. The van der Waals surface area contributed by atoms with Gasteiger partial charge in [-0.1, -0.05) is 0 Å². The number of carboxylic acids is 1. The van der Waals surface area contributed by atoms with Gasteiger partial charge in [-0.3, -0.25) is 4.79 Å². The number of ether oxygens (including phenoxy) is 1. The number of nitrogens with two attached hydrogens (primary N) is 1. The smallest absolute Gasteiger partial charge is 0.326 e. The fraction of sp³-hybridized carbons (Fsp3) is 0.750. The van der Waals surface area contributed by atoms with Crippen LogP contribution in [0, 0.1) is 0 Å². The average Bonchev–Trinajstić information content (AvgIpc) is 2.41. The number of carboxylic acid groups (broad SMARTS) is 1. The summed E-state index contributed by atoms with van der Waals surface area (Å²) in [5, 5.41) is 20.5. The van der Waals surface area contributed by atoms with Crippen LogP contribution < -0.4 is 11.1 Å². The van der Waals surface area contributed by atoms with Gasteiger partial charge in [-0.15, -0.1) is 0 Å². The van der Waals surface area contributed by atoms with Crippen molar-refractivity contribution >= 4 is 17.9 Å². The first-order valence-electron chi connectivity index (χ1n) is 6.66. The number of primary amides is 1. The van der Waals surface area contributed by atoms with Crippen LogP contribution in [0.25, 0.3) is 0 Å². The summed E-state index contributed by atoms with van der Waals surface area (Å²) in [6.45, 7) is 2.00. The second-order valence-electron chi connectivity index (χ2n) is 5.00. The fourth-order valence-electron chi connectivity index (χ4n) is 2.10.